The highest BCUT2D eigenvalue weighted by Gasteiger charge is 2.15. The number of amides is 1. The van der Waals surface area contributed by atoms with E-state index in [1.165, 1.54) is 4.90 Å². The maximum Gasteiger partial charge on any atom is 0.275 e. The van der Waals surface area contributed by atoms with Gasteiger partial charge in [-0.15, -0.1) is 11.3 Å². The molecule has 1 aromatic heterocycles. The second-order valence-electron chi connectivity index (χ2n) is 5.28. The first-order valence-corrected chi connectivity index (χ1v) is 8.73. The standard InChI is InChI=1S/C17H23N3O2S/c1-4-18-16(21)11-20(5-2)10-14-12-23-17(19-14)13-6-8-15(22-3)9-7-13/h6-9,12H,4-5,10-11H2,1-3H3,(H,18,21)/p+1. The Labute approximate surface area is 141 Å². The average Bonchev–Trinajstić information content (AvgIpc) is 3.03. The molecular formula is C17H24N3O2S+. The van der Waals surface area contributed by atoms with E-state index in [4.69, 9.17) is 9.72 Å². The van der Waals surface area contributed by atoms with Gasteiger partial charge in [-0.25, -0.2) is 4.98 Å². The second-order valence-corrected chi connectivity index (χ2v) is 6.14. The lowest BCUT2D eigenvalue weighted by Crippen LogP contribution is -3.11. The number of thiazole rings is 1. The van der Waals surface area contributed by atoms with Gasteiger partial charge in [-0.2, -0.15) is 0 Å². The van der Waals surface area contributed by atoms with Crippen LogP contribution < -0.4 is 15.0 Å². The molecule has 0 aliphatic rings. The fraction of sp³-hybridized carbons (Fsp3) is 0.412. The molecule has 0 saturated carbocycles. The predicted octanol–water partition coefficient (Wildman–Crippen LogP) is 1.36. The van der Waals surface area contributed by atoms with Gasteiger partial charge in [-0.1, -0.05) is 0 Å². The van der Waals surface area contributed by atoms with Crippen molar-refractivity contribution in [2.45, 2.75) is 20.4 Å². The van der Waals surface area contributed by atoms with E-state index in [9.17, 15) is 4.79 Å². The van der Waals surface area contributed by atoms with E-state index >= 15 is 0 Å². The number of nitrogens with one attached hydrogen (secondary N) is 2. The van der Waals surface area contributed by atoms with Crippen LogP contribution in [0, 0.1) is 0 Å². The Balaban J connectivity index is 2.01. The number of methoxy groups -OCH3 is 1. The van der Waals surface area contributed by atoms with E-state index in [0.717, 1.165) is 35.1 Å². The predicted molar refractivity (Wildman–Crippen MR) is 92.9 cm³/mol. The van der Waals surface area contributed by atoms with Crippen molar-refractivity contribution >= 4 is 17.2 Å². The van der Waals surface area contributed by atoms with Crippen molar-refractivity contribution in [3.8, 4) is 16.3 Å². The molecule has 1 heterocycles. The minimum Gasteiger partial charge on any atom is -0.497 e. The molecule has 1 unspecified atom stereocenters. The van der Waals surface area contributed by atoms with Gasteiger partial charge in [0.25, 0.3) is 5.91 Å². The molecule has 1 atom stereocenters. The minimum atomic E-state index is 0.0926. The monoisotopic (exact) mass is 334 g/mol. The van der Waals surface area contributed by atoms with Crippen molar-refractivity contribution in [1.29, 1.82) is 0 Å². The molecule has 124 valence electrons. The summed E-state index contributed by atoms with van der Waals surface area (Å²) < 4.78 is 5.18. The Hall–Kier alpha value is -1.92. The van der Waals surface area contributed by atoms with E-state index < -0.39 is 0 Å². The van der Waals surface area contributed by atoms with Crippen LogP contribution in [0.25, 0.3) is 10.6 Å². The van der Waals surface area contributed by atoms with Gasteiger partial charge in [-0.05, 0) is 38.1 Å². The maximum absolute atomic E-state index is 11.7. The van der Waals surface area contributed by atoms with Gasteiger partial charge in [0, 0.05) is 17.5 Å². The smallest absolute Gasteiger partial charge is 0.275 e. The molecule has 2 N–H and O–H groups in total. The summed E-state index contributed by atoms with van der Waals surface area (Å²) in [7, 11) is 1.66. The van der Waals surface area contributed by atoms with Crippen molar-refractivity contribution in [3.05, 3.63) is 35.3 Å². The van der Waals surface area contributed by atoms with E-state index in [-0.39, 0.29) is 5.91 Å². The second kappa shape index (κ2) is 8.64. The third-order valence-corrected chi connectivity index (χ3v) is 4.54. The first kappa shape index (κ1) is 17.4. The molecule has 1 amide bonds. The number of likely N-dealkylation sites (N-methyl/N-ethyl adjacent to an activating group) is 2. The molecule has 6 heteroatoms. The number of hydrogen-bond acceptors (Lipinski definition) is 4. The highest BCUT2D eigenvalue weighted by atomic mass is 32.1. The van der Waals surface area contributed by atoms with Crippen molar-refractivity contribution in [1.82, 2.24) is 10.3 Å². The van der Waals surface area contributed by atoms with Crippen LogP contribution in [-0.4, -0.2) is 37.6 Å². The van der Waals surface area contributed by atoms with E-state index in [0.29, 0.717) is 13.1 Å². The van der Waals surface area contributed by atoms with Crippen LogP contribution in [0.4, 0.5) is 0 Å². The summed E-state index contributed by atoms with van der Waals surface area (Å²) >= 11 is 1.63. The van der Waals surface area contributed by atoms with E-state index in [2.05, 4.69) is 17.6 Å². The van der Waals surface area contributed by atoms with Crippen molar-refractivity contribution < 1.29 is 14.4 Å². The van der Waals surface area contributed by atoms with E-state index in [1.807, 2.05) is 31.2 Å². The number of nitrogens with zero attached hydrogens (tertiary/aromatic N) is 1. The summed E-state index contributed by atoms with van der Waals surface area (Å²) in [6.45, 7) is 6.84. The van der Waals surface area contributed by atoms with Crippen LogP contribution in [0.2, 0.25) is 0 Å². The molecular weight excluding hydrogens is 310 g/mol. The zero-order chi connectivity index (χ0) is 16.7. The van der Waals surface area contributed by atoms with Crippen molar-refractivity contribution in [3.63, 3.8) is 0 Å². The molecule has 23 heavy (non-hydrogen) atoms. The highest BCUT2D eigenvalue weighted by Crippen LogP contribution is 2.25. The third-order valence-electron chi connectivity index (χ3n) is 3.60. The number of aromatic nitrogens is 1. The van der Waals surface area contributed by atoms with Crippen LogP contribution in [0.3, 0.4) is 0 Å². The third kappa shape index (κ3) is 5.04. The summed E-state index contributed by atoms with van der Waals surface area (Å²) in [6, 6.07) is 7.91. The Bertz CT molecular complexity index is 625. The summed E-state index contributed by atoms with van der Waals surface area (Å²) in [4.78, 5) is 17.6. The highest BCUT2D eigenvalue weighted by molar-refractivity contribution is 7.13. The quantitative estimate of drug-likeness (QED) is 0.766. The first-order valence-electron chi connectivity index (χ1n) is 7.85. The summed E-state index contributed by atoms with van der Waals surface area (Å²) in [5.41, 5.74) is 2.12. The molecule has 5 nitrogen and oxygen atoms in total. The van der Waals surface area contributed by atoms with Gasteiger partial charge in [0.05, 0.1) is 13.7 Å². The number of carbonyl (C=O) groups is 1. The van der Waals surface area contributed by atoms with Crippen LogP contribution in [-0.2, 0) is 11.3 Å². The average molecular weight is 334 g/mol. The number of rotatable bonds is 8. The zero-order valence-corrected chi connectivity index (χ0v) is 14.7. The zero-order valence-electron chi connectivity index (χ0n) is 13.9. The molecule has 0 bridgehead atoms. The largest absolute Gasteiger partial charge is 0.497 e. The fourth-order valence-corrected chi connectivity index (χ4v) is 3.14. The van der Waals surface area contributed by atoms with Gasteiger partial charge < -0.3 is 15.0 Å². The topological polar surface area (TPSA) is 55.7 Å². The number of ether oxygens (including phenoxy) is 1. The Morgan fingerprint density at radius 2 is 2.04 bits per heavy atom. The van der Waals surface area contributed by atoms with Gasteiger partial charge in [0.1, 0.15) is 23.0 Å². The lowest BCUT2D eigenvalue weighted by Gasteiger charge is -2.15. The molecule has 0 radical (unpaired) electrons. The van der Waals surface area contributed by atoms with Crippen LogP contribution in [0.1, 0.15) is 19.5 Å². The van der Waals surface area contributed by atoms with Crippen LogP contribution in [0.5, 0.6) is 5.75 Å². The Morgan fingerprint density at radius 1 is 1.30 bits per heavy atom. The summed E-state index contributed by atoms with van der Waals surface area (Å²) in [5.74, 6) is 0.934. The molecule has 0 aliphatic carbocycles. The molecule has 2 rings (SSSR count). The minimum absolute atomic E-state index is 0.0926. The Kier molecular flexibility index (Phi) is 6.55. The molecule has 0 saturated heterocycles. The van der Waals surface area contributed by atoms with E-state index in [1.54, 1.807) is 18.4 Å². The normalized spacial score (nSPS) is 12.0. The SMILES string of the molecule is CCNC(=O)C[NH+](CC)Cc1csc(-c2ccc(OC)cc2)n1. The van der Waals surface area contributed by atoms with Gasteiger partial charge in [0.15, 0.2) is 6.54 Å². The molecule has 0 fully saturated rings. The first-order chi connectivity index (χ1) is 11.2. The number of carbonyl (C=O) groups excluding carboxylic acids is 1. The van der Waals surface area contributed by atoms with Crippen LogP contribution in [0.15, 0.2) is 29.6 Å². The van der Waals surface area contributed by atoms with Crippen molar-refractivity contribution in [2.75, 3.05) is 26.7 Å². The number of hydrogen-bond donors (Lipinski definition) is 2. The maximum atomic E-state index is 11.7. The molecule has 2 aromatic rings. The lowest BCUT2D eigenvalue weighted by atomic mass is 10.2. The summed E-state index contributed by atoms with van der Waals surface area (Å²) in [6.07, 6.45) is 0. The van der Waals surface area contributed by atoms with Crippen molar-refractivity contribution in [2.24, 2.45) is 0 Å². The van der Waals surface area contributed by atoms with Gasteiger partial charge in [-0.3, -0.25) is 4.79 Å². The number of quaternary nitrogens is 1. The van der Waals surface area contributed by atoms with Gasteiger partial charge in [0.2, 0.25) is 0 Å². The lowest BCUT2D eigenvalue weighted by molar-refractivity contribution is -0.904. The molecule has 0 spiro atoms. The number of benzene rings is 1. The summed E-state index contributed by atoms with van der Waals surface area (Å²) in [5, 5.41) is 5.92. The fourth-order valence-electron chi connectivity index (χ4n) is 2.31. The molecule has 1 aromatic carbocycles. The van der Waals surface area contributed by atoms with Crippen LogP contribution >= 0.6 is 11.3 Å². The Morgan fingerprint density at radius 3 is 2.65 bits per heavy atom. The molecule has 0 aliphatic heterocycles. The van der Waals surface area contributed by atoms with Gasteiger partial charge >= 0.3 is 0 Å².